The largest absolute Gasteiger partial charge is 0.508 e. The third-order valence-corrected chi connectivity index (χ3v) is 5.02. The molecule has 29 heavy (non-hydrogen) atoms. The molecule has 0 amide bonds. The van der Waals surface area contributed by atoms with Gasteiger partial charge in [0.15, 0.2) is 0 Å². The smallest absolute Gasteiger partial charge is 0.222 e. The van der Waals surface area contributed by atoms with Gasteiger partial charge in [0.2, 0.25) is 5.95 Å². The summed E-state index contributed by atoms with van der Waals surface area (Å²) >= 11 is 0. The van der Waals surface area contributed by atoms with Crippen LogP contribution < -0.4 is 11.1 Å². The average Bonchev–Trinajstić information content (AvgIpc) is 2.65. The van der Waals surface area contributed by atoms with Crippen molar-refractivity contribution < 1.29 is 10.2 Å². The Morgan fingerprint density at radius 1 is 1.24 bits per heavy atom. The molecular weight excluding hydrogens is 366 g/mol. The Hall–Kier alpha value is -2.38. The van der Waals surface area contributed by atoms with Crippen molar-refractivity contribution in [2.45, 2.75) is 52.0 Å². The first-order valence-corrected chi connectivity index (χ1v) is 10.3. The minimum absolute atomic E-state index is 0.0170. The van der Waals surface area contributed by atoms with Crippen LogP contribution in [0.5, 0.6) is 5.75 Å². The van der Waals surface area contributed by atoms with Gasteiger partial charge in [0.25, 0.3) is 0 Å². The second-order valence-electron chi connectivity index (χ2n) is 7.85. The Balaban J connectivity index is 2.22. The SMILES string of the molecule is CCCC(CO)Nc1nc(N)nc(C)c1Cc1ccc(CCCN(C)C)cc1O. The van der Waals surface area contributed by atoms with Gasteiger partial charge in [-0.3, -0.25) is 0 Å². The quantitative estimate of drug-likeness (QED) is 0.458. The minimum atomic E-state index is -0.0971. The van der Waals surface area contributed by atoms with E-state index in [2.05, 4.69) is 47.3 Å². The summed E-state index contributed by atoms with van der Waals surface area (Å²) in [6, 6.07) is 5.79. The summed E-state index contributed by atoms with van der Waals surface area (Å²) in [5, 5.41) is 23.5. The van der Waals surface area contributed by atoms with E-state index in [1.165, 1.54) is 0 Å². The molecule has 5 N–H and O–H groups in total. The number of phenols is 1. The second-order valence-corrected chi connectivity index (χ2v) is 7.85. The van der Waals surface area contributed by atoms with Crippen molar-refractivity contribution in [3.05, 3.63) is 40.6 Å². The molecule has 0 aliphatic carbocycles. The Labute approximate surface area is 174 Å². The molecule has 0 saturated carbocycles. The van der Waals surface area contributed by atoms with E-state index in [1.54, 1.807) is 0 Å². The summed E-state index contributed by atoms with van der Waals surface area (Å²) in [5.74, 6) is 1.10. The number of benzene rings is 1. The number of phenolic OH excluding ortho intramolecular Hbond substituents is 1. The maximum Gasteiger partial charge on any atom is 0.222 e. The molecule has 0 aliphatic rings. The van der Waals surface area contributed by atoms with Crippen LogP contribution >= 0.6 is 0 Å². The molecular formula is C22H35N5O2. The number of rotatable bonds is 11. The third-order valence-electron chi connectivity index (χ3n) is 5.02. The van der Waals surface area contributed by atoms with Gasteiger partial charge in [-0.1, -0.05) is 25.5 Å². The number of aromatic hydroxyl groups is 1. The standard InChI is InChI=1S/C22H35N5O2/c1-5-7-18(14-28)25-21-19(15(2)24-22(23)26-21)13-17-10-9-16(12-20(17)29)8-6-11-27(3)4/h9-10,12,18,28-29H,5-8,11,13-14H2,1-4H3,(H3,23,24,25,26). The minimum Gasteiger partial charge on any atom is -0.508 e. The molecule has 0 spiro atoms. The third kappa shape index (κ3) is 6.87. The van der Waals surface area contributed by atoms with Gasteiger partial charge in [0, 0.05) is 17.7 Å². The van der Waals surface area contributed by atoms with Crippen molar-refractivity contribution in [2.24, 2.45) is 0 Å². The molecule has 1 aromatic carbocycles. The van der Waals surface area contributed by atoms with E-state index in [9.17, 15) is 10.2 Å². The van der Waals surface area contributed by atoms with Gasteiger partial charge in [0.05, 0.1) is 12.6 Å². The number of nitrogens with zero attached hydrogens (tertiary/aromatic N) is 3. The van der Waals surface area contributed by atoms with Crippen molar-refractivity contribution in [3.63, 3.8) is 0 Å². The first-order valence-electron chi connectivity index (χ1n) is 10.3. The van der Waals surface area contributed by atoms with Gasteiger partial charge in [-0.05, 0) is 64.0 Å². The van der Waals surface area contributed by atoms with Crippen molar-refractivity contribution in [1.82, 2.24) is 14.9 Å². The molecule has 7 nitrogen and oxygen atoms in total. The van der Waals surface area contributed by atoms with Gasteiger partial charge in [0.1, 0.15) is 11.6 Å². The van der Waals surface area contributed by atoms with Crippen LogP contribution in [0.15, 0.2) is 18.2 Å². The summed E-state index contributed by atoms with van der Waals surface area (Å²) in [7, 11) is 4.12. The van der Waals surface area contributed by atoms with Crippen molar-refractivity contribution >= 4 is 11.8 Å². The Bertz CT molecular complexity index is 795. The Morgan fingerprint density at radius 2 is 2.00 bits per heavy atom. The Morgan fingerprint density at radius 3 is 2.62 bits per heavy atom. The summed E-state index contributed by atoms with van der Waals surface area (Å²) in [6.45, 7) is 4.99. The number of aromatic nitrogens is 2. The van der Waals surface area contributed by atoms with E-state index in [1.807, 2.05) is 19.1 Å². The molecule has 1 aromatic heterocycles. The number of nitrogens with two attached hydrogens (primary N) is 1. The van der Waals surface area contributed by atoms with E-state index in [-0.39, 0.29) is 24.3 Å². The summed E-state index contributed by atoms with van der Waals surface area (Å²) in [5.41, 5.74) is 9.44. The van der Waals surface area contributed by atoms with Crippen LogP contribution in [-0.4, -0.2) is 58.4 Å². The number of hydrogen-bond acceptors (Lipinski definition) is 7. The van der Waals surface area contributed by atoms with Gasteiger partial charge < -0.3 is 26.2 Å². The molecule has 160 valence electrons. The van der Waals surface area contributed by atoms with Crippen LogP contribution in [0.25, 0.3) is 0 Å². The predicted molar refractivity (Wildman–Crippen MR) is 118 cm³/mol. The van der Waals surface area contributed by atoms with Crippen LogP contribution in [0.3, 0.4) is 0 Å². The normalized spacial score (nSPS) is 12.3. The number of hydrogen-bond donors (Lipinski definition) is 4. The number of aliphatic hydroxyl groups excluding tert-OH is 1. The molecule has 1 atom stereocenters. The lowest BCUT2D eigenvalue weighted by Crippen LogP contribution is -2.25. The highest BCUT2D eigenvalue weighted by atomic mass is 16.3. The summed E-state index contributed by atoms with van der Waals surface area (Å²) in [4.78, 5) is 10.8. The first kappa shape index (κ1) is 22.9. The number of aliphatic hydroxyl groups is 1. The predicted octanol–water partition coefficient (Wildman–Crippen LogP) is 2.73. The molecule has 1 heterocycles. The van der Waals surface area contributed by atoms with Crippen molar-refractivity contribution in [2.75, 3.05) is 38.3 Å². The number of nitrogen functional groups attached to an aromatic ring is 1. The van der Waals surface area contributed by atoms with E-state index >= 15 is 0 Å². The highest BCUT2D eigenvalue weighted by Crippen LogP contribution is 2.27. The fourth-order valence-corrected chi connectivity index (χ4v) is 3.40. The molecule has 0 fully saturated rings. The van der Waals surface area contributed by atoms with Crippen LogP contribution in [0, 0.1) is 6.92 Å². The first-order chi connectivity index (χ1) is 13.8. The molecule has 0 bridgehead atoms. The van der Waals surface area contributed by atoms with E-state index < -0.39 is 0 Å². The fourth-order valence-electron chi connectivity index (χ4n) is 3.40. The lowest BCUT2D eigenvalue weighted by molar-refractivity contribution is 0.268. The van der Waals surface area contributed by atoms with Gasteiger partial charge in [-0.25, -0.2) is 4.98 Å². The highest BCUT2D eigenvalue weighted by molar-refractivity contribution is 5.53. The van der Waals surface area contributed by atoms with E-state index in [4.69, 9.17) is 5.73 Å². The highest BCUT2D eigenvalue weighted by Gasteiger charge is 2.16. The fraction of sp³-hybridized carbons (Fsp3) is 0.545. The van der Waals surface area contributed by atoms with Crippen LogP contribution in [-0.2, 0) is 12.8 Å². The molecule has 2 aromatic rings. The topological polar surface area (TPSA) is 108 Å². The van der Waals surface area contributed by atoms with Crippen molar-refractivity contribution in [3.8, 4) is 5.75 Å². The van der Waals surface area contributed by atoms with E-state index in [0.717, 1.165) is 54.6 Å². The summed E-state index contributed by atoms with van der Waals surface area (Å²) < 4.78 is 0. The number of anilines is 2. The Kier molecular flexibility index (Phi) is 8.67. The molecule has 1 unspecified atom stereocenters. The lowest BCUT2D eigenvalue weighted by Gasteiger charge is -2.20. The zero-order valence-corrected chi connectivity index (χ0v) is 18.1. The maximum absolute atomic E-state index is 10.6. The van der Waals surface area contributed by atoms with Crippen LogP contribution in [0.2, 0.25) is 0 Å². The van der Waals surface area contributed by atoms with Gasteiger partial charge in [-0.15, -0.1) is 0 Å². The number of aryl methyl sites for hydroxylation is 2. The maximum atomic E-state index is 10.6. The zero-order chi connectivity index (χ0) is 21.4. The van der Waals surface area contributed by atoms with Crippen LogP contribution in [0.1, 0.15) is 48.6 Å². The number of nitrogens with one attached hydrogen (secondary N) is 1. The average molecular weight is 402 g/mol. The monoisotopic (exact) mass is 401 g/mol. The lowest BCUT2D eigenvalue weighted by atomic mass is 9.99. The van der Waals surface area contributed by atoms with Gasteiger partial charge in [-0.2, -0.15) is 4.98 Å². The molecule has 0 aliphatic heterocycles. The zero-order valence-electron chi connectivity index (χ0n) is 18.1. The molecule has 2 rings (SSSR count). The molecule has 0 radical (unpaired) electrons. The van der Waals surface area contributed by atoms with Gasteiger partial charge >= 0.3 is 0 Å². The molecule has 0 saturated heterocycles. The van der Waals surface area contributed by atoms with E-state index in [0.29, 0.717) is 12.2 Å². The molecule has 7 heteroatoms. The summed E-state index contributed by atoms with van der Waals surface area (Å²) in [6.07, 6.45) is 4.24. The van der Waals surface area contributed by atoms with Crippen LogP contribution in [0.4, 0.5) is 11.8 Å². The second kappa shape index (κ2) is 11.0. The van der Waals surface area contributed by atoms with Crippen molar-refractivity contribution in [1.29, 1.82) is 0 Å².